The third kappa shape index (κ3) is 2.22. The van der Waals surface area contributed by atoms with Gasteiger partial charge in [-0.25, -0.2) is 14.8 Å². The fourth-order valence-corrected chi connectivity index (χ4v) is 1.75. The van der Waals surface area contributed by atoms with Crippen LogP contribution in [0.1, 0.15) is 35.6 Å². The molecule has 0 atom stereocenters. The van der Waals surface area contributed by atoms with Crippen molar-refractivity contribution in [2.75, 3.05) is 0 Å². The summed E-state index contributed by atoms with van der Waals surface area (Å²) in [5.74, 6) is -0.405. The predicted molar refractivity (Wildman–Crippen MR) is 67.6 cm³/mol. The molecular weight excluding hydrogens is 228 g/mol. The number of carboxylic acid groups (broad SMARTS) is 1. The van der Waals surface area contributed by atoms with Crippen molar-refractivity contribution in [2.24, 2.45) is 0 Å². The number of hydrogen-bond donors (Lipinski definition) is 1. The van der Waals surface area contributed by atoms with Crippen molar-refractivity contribution in [2.45, 2.75) is 19.3 Å². The van der Waals surface area contributed by atoms with E-state index in [1.165, 1.54) is 12.4 Å². The maximum absolute atomic E-state index is 10.8. The van der Waals surface area contributed by atoms with Gasteiger partial charge in [0.1, 0.15) is 5.82 Å². The van der Waals surface area contributed by atoms with Crippen molar-refractivity contribution in [3.63, 3.8) is 0 Å². The summed E-state index contributed by atoms with van der Waals surface area (Å²) in [5.41, 5.74) is 0.842. The largest absolute Gasteiger partial charge is 0.478 e. The lowest BCUT2D eigenvalue weighted by Crippen LogP contribution is -2.22. The summed E-state index contributed by atoms with van der Waals surface area (Å²) in [6.45, 7) is 4.02. The van der Waals surface area contributed by atoms with Gasteiger partial charge in [-0.05, 0) is 19.4 Å². The Balaban J connectivity index is 2.39. The number of benzene rings is 1. The Morgan fingerprint density at radius 1 is 1.11 bits per heavy atom. The maximum Gasteiger partial charge on any atom is 0.338 e. The zero-order valence-electron chi connectivity index (χ0n) is 10.3. The Hall–Kier alpha value is -2.23. The van der Waals surface area contributed by atoms with Gasteiger partial charge in [-0.15, -0.1) is 0 Å². The lowest BCUT2D eigenvalue weighted by atomic mass is 9.84. The molecule has 0 spiro atoms. The Kier molecular flexibility index (Phi) is 3.10. The van der Waals surface area contributed by atoms with E-state index in [2.05, 4.69) is 9.97 Å². The second kappa shape index (κ2) is 4.56. The van der Waals surface area contributed by atoms with E-state index in [4.69, 9.17) is 5.11 Å². The van der Waals surface area contributed by atoms with E-state index in [0.717, 1.165) is 5.56 Å². The fraction of sp³-hybridized carbons (Fsp3) is 0.214. The lowest BCUT2D eigenvalue weighted by molar-refractivity contribution is 0.0696. The molecule has 18 heavy (non-hydrogen) atoms. The van der Waals surface area contributed by atoms with Crippen LogP contribution in [0.2, 0.25) is 0 Å². The minimum Gasteiger partial charge on any atom is -0.478 e. The molecule has 0 aliphatic rings. The van der Waals surface area contributed by atoms with Gasteiger partial charge in [0.15, 0.2) is 0 Å². The van der Waals surface area contributed by atoms with Gasteiger partial charge in [0.25, 0.3) is 0 Å². The molecule has 1 heterocycles. The van der Waals surface area contributed by atoms with E-state index < -0.39 is 5.97 Å². The van der Waals surface area contributed by atoms with Gasteiger partial charge in [0.05, 0.1) is 5.56 Å². The fourth-order valence-electron chi connectivity index (χ4n) is 1.75. The third-order valence-electron chi connectivity index (χ3n) is 2.95. The summed E-state index contributed by atoms with van der Waals surface area (Å²) in [6.07, 6.45) is 2.69. The molecule has 0 saturated heterocycles. The van der Waals surface area contributed by atoms with Crippen LogP contribution < -0.4 is 0 Å². The summed E-state index contributed by atoms with van der Waals surface area (Å²) < 4.78 is 0. The average molecular weight is 242 g/mol. The highest BCUT2D eigenvalue weighted by Crippen LogP contribution is 2.28. The van der Waals surface area contributed by atoms with Crippen LogP contribution in [0.3, 0.4) is 0 Å². The lowest BCUT2D eigenvalue weighted by Gasteiger charge is -2.23. The van der Waals surface area contributed by atoms with Crippen molar-refractivity contribution < 1.29 is 9.90 Å². The molecule has 92 valence electrons. The molecule has 1 N–H and O–H groups in total. The quantitative estimate of drug-likeness (QED) is 0.898. The van der Waals surface area contributed by atoms with Crippen molar-refractivity contribution in [3.05, 3.63) is 59.7 Å². The van der Waals surface area contributed by atoms with Crippen LogP contribution in [0.5, 0.6) is 0 Å². The molecule has 1 aromatic heterocycles. The Bertz CT molecular complexity index is 548. The topological polar surface area (TPSA) is 63.1 Å². The number of aromatic carboxylic acids is 1. The van der Waals surface area contributed by atoms with E-state index in [1.807, 2.05) is 44.2 Å². The monoisotopic (exact) mass is 242 g/mol. The Morgan fingerprint density at radius 2 is 1.67 bits per heavy atom. The molecule has 0 bridgehead atoms. The van der Waals surface area contributed by atoms with Crippen molar-refractivity contribution in [1.29, 1.82) is 0 Å². The summed E-state index contributed by atoms with van der Waals surface area (Å²) in [4.78, 5) is 19.1. The molecule has 0 radical (unpaired) electrons. The van der Waals surface area contributed by atoms with Crippen LogP contribution in [0.4, 0.5) is 0 Å². The molecule has 0 aliphatic carbocycles. The van der Waals surface area contributed by atoms with Crippen LogP contribution >= 0.6 is 0 Å². The second-order valence-corrected chi connectivity index (χ2v) is 4.59. The van der Waals surface area contributed by atoms with Crippen molar-refractivity contribution >= 4 is 5.97 Å². The number of nitrogens with zero attached hydrogens (tertiary/aromatic N) is 2. The van der Waals surface area contributed by atoms with Gasteiger partial charge in [0, 0.05) is 17.8 Å². The third-order valence-corrected chi connectivity index (χ3v) is 2.95. The molecule has 0 aliphatic heterocycles. The Labute approximate surface area is 105 Å². The number of hydrogen-bond acceptors (Lipinski definition) is 3. The highest BCUT2D eigenvalue weighted by atomic mass is 16.4. The van der Waals surface area contributed by atoms with Crippen LogP contribution in [0.25, 0.3) is 0 Å². The highest BCUT2D eigenvalue weighted by Gasteiger charge is 2.26. The van der Waals surface area contributed by atoms with Gasteiger partial charge >= 0.3 is 5.97 Å². The minimum absolute atomic E-state index is 0.0996. The van der Waals surface area contributed by atoms with Crippen LogP contribution in [0, 0.1) is 0 Å². The molecule has 0 fully saturated rings. The van der Waals surface area contributed by atoms with E-state index in [-0.39, 0.29) is 11.0 Å². The van der Waals surface area contributed by atoms with Crippen LogP contribution in [-0.2, 0) is 5.41 Å². The first-order valence-corrected chi connectivity index (χ1v) is 5.63. The molecule has 4 heteroatoms. The highest BCUT2D eigenvalue weighted by molar-refractivity contribution is 5.86. The van der Waals surface area contributed by atoms with Gasteiger partial charge in [-0.1, -0.05) is 30.3 Å². The van der Waals surface area contributed by atoms with Gasteiger partial charge < -0.3 is 5.11 Å². The Morgan fingerprint density at radius 3 is 2.17 bits per heavy atom. The average Bonchev–Trinajstić information content (AvgIpc) is 2.40. The van der Waals surface area contributed by atoms with E-state index >= 15 is 0 Å². The van der Waals surface area contributed by atoms with E-state index in [0.29, 0.717) is 5.82 Å². The SMILES string of the molecule is CC(C)(c1ccccc1)c1ncc(C(=O)O)cn1. The molecule has 2 rings (SSSR count). The number of carbonyl (C=O) groups is 1. The maximum atomic E-state index is 10.8. The minimum atomic E-state index is -1.01. The number of aromatic nitrogens is 2. The summed E-state index contributed by atoms with van der Waals surface area (Å²) in [6, 6.07) is 9.89. The van der Waals surface area contributed by atoms with E-state index in [9.17, 15) is 4.79 Å². The summed E-state index contributed by atoms with van der Waals surface area (Å²) >= 11 is 0. The summed E-state index contributed by atoms with van der Waals surface area (Å²) in [5, 5.41) is 8.82. The molecule has 0 saturated carbocycles. The normalized spacial score (nSPS) is 11.2. The molecule has 4 nitrogen and oxygen atoms in total. The standard InChI is InChI=1S/C14H14N2O2/c1-14(2,11-6-4-3-5-7-11)13-15-8-10(9-16-13)12(17)18/h3-9H,1-2H3,(H,17,18). The van der Waals surface area contributed by atoms with Crippen molar-refractivity contribution in [3.8, 4) is 0 Å². The first-order valence-electron chi connectivity index (χ1n) is 5.63. The predicted octanol–water partition coefficient (Wildman–Crippen LogP) is 2.50. The van der Waals surface area contributed by atoms with Crippen LogP contribution in [0.15, 0.2) is 42.7 Å². The molecule has 0 amide bonds. The van der Waals surface area contributed by atoms with Gasteiger partial charge in [-0.3, -0.25) is 0 Å². The molecule has 2 aromatic rings. The molecule has 0 unspecified atom stereocenters. The van der Waals surface area contributed by atoms with Gasteiger partial charge in [0.2, 0.25) is 0 Å². The first kappa shape index (κ1) is 12.2. The van der Waals surface area contributed by atoms with Crippen LogP contribution in [-0.4, -0.2) is 21.0 Å². The zero-order valence-corrected chi connectivity index (χ0v) is 10.3. The first-order chi connectivity index (χ1) is 8.51. The number of carboxylic acids is 1. The summed E-state index contributed by atoms with van der Waals surface area (Å²) in [7, 11) is 0. The van der Waals surface area contributed by atoms with E-state index in [1.54, 1.807) is 0 Å². The smallest absolute Gasteiger partial charge is 0.338 e. The molecular formula is C14H14N2O2. The second-order valence-electron chi connectivity index (χ2n) is 4.59. The molecule has 1 aromatic carbocycles. The zero-order chi connectivity index (χ0) is 13.2. The van der Waals surface area contributed by atoms with Gasteiger partial charge in [-0.2, -0.15) is 0 Å². The number of rotatable bonds is 3. The van der Waals surface area contributed by atoms with Crippen molar-refractivity contribution in [1.82, 2.24) is 9.97 Å².